The largest absolute Gasteiger partial charge is 2.00 e. The van der Waals surface area contributed by atoms with E-state index in [1.54, 1.807) is 0 Å². The van der Waals surface area contributed by atoms with Gasteiger partial charge in [-0.05, 0) is 0 Å². The van der Waals surface area contributed by atoms with Gasteiger partial charge in [-0.2, -0.15) is 0 Å². The third-order valence-electron chi connectivity index (χ3n) is 0.111. The van der Waals surface area contributed by atoms with Crippen molar-refractivity contribution >= 4 is 50.7 Å². The first-order chi connectivity index (χ1) is 2.41. The minimum Gasteiger partial charge on any atom is -1.00 e. The Morgan fingerprint density at radius 2 is 1.67 bits per heavy atom. The molecule has 0 aromatic rings. The minimum atomic E-state index is 0. The third-order valence-corrected chi connectivity index (χ3v) is 0.111. The van der Waals surface area contributed by atoms with Crippen LogP contribution in [0.2, 0.25) is 0 Å². The predicted octanol–water partition coefficient (Wildman–Crippen LogP) is -0.840. The SMILES string of the molecule is O=COC=O.[Ca+2].[H-].[H-]. The molecule has 0 fully saturated rings. The van der Waals surface area contributed by atoms with Gasteiger partial charge < -0.3 is 7.59 Å². The van der Waals surface area contributed by atoms with E-state index in [-0.39, 0.29) is 53.5 Å². The zero-order chi connectivity index (χ0) is 4.12. The van der Waals surface area contributed by atoms with Gasteiger partial charge in [0.1, 0.15) is 0 Å². The summed E-state index contributed by atoms with van der Waals surface area (Å²) in [4.78, 5) is 17.9. The Balaban J connectivity index is -0.0000000267. The Morgan fingerprint density at radius 1 is 1.33 bits per heavy atom. The van der Waals surface area contributed by atoms with E-state index in [1.165, 1.54) is 0 Å². The molecule has 0 aliphatic heterocycles. The average Bonchev–Trinajstić information content (AvgIpc) is 1.41. The summed E-state index contributed by atoms with van der Waals surface area (Å²) in [5.41, 5.74) is 0. The van der Waals surface area contributed by atoms with Crippen LogP contribution in [0.4, 0.5) is 0 Å². The fourth-order valence-electron chi connectivity index (χ4n) is 0.0227. The van der Waals surface area contributed by atoms with Crippen LogP contribution in [0.25, 0.3) is 0 Å². The zero-order valence-electron chi connectivity index (χ0n) is 5.09. The van der Waals surface area contributed by atoms with Gasteiger partial charge in [-0.1, -0.05) is 0 Å². The smallest absolute Gasteiger partial charge is 1.00 e. The van der Waals surface area contributed by atoms with Crippen molar-refractivity contribution < 1.29 is 17.2 Å². The molecule has 0 aliphatic rings. The molecule has 0 atom stereocenters. The zero-order valence-corrected chi connectivity index (χ0v) is 5.29. The molecule has 0 saturated carbocycles. The molecular weight excluding hydrogens is 112 g/mol. The van der Waals surface area contributed by atoms with Gasteiger partial charge >= 0.3 is 50.7 Å². The standard InChI is InChI=1S/C2H2O3.Ca.2H/c3-1-5-2-4;;;/h1-2H;;;/q;+2;2*-1. The summed E-state index contributed by atoms with van der Waals surface area (Å²) in [7, 11) is 0. The van der Waals surface area contributed by atoms with Gasteiger partial charge in [-0.25, -0.2) is 0 Å². The molecule has 0 aromatic carbocycles. The molecule has 0 saturated heterocycles. The van der Waals surface area contributed by atoms with E-state index in [9.17, 15) is 0 Å². The number of hydrogen-bond acceptors (Lipinski definition) is 3. The molecular formula is C2H4CaO3. The summed E-state index contributed by atoms with van der Waals surface area (Å²) < 4.78 is 3.47. The van der Waals surface area contributed by atoms with Gasteiger partial charge in [-0.3, -0.25) is 9.59 Å². The maximum absolute atomic E-state index is 8.95. The summed E-state index contributed by atoms with van der Waals surface area (Å²) >= 11 is 0. The van der Waals surface area contributed by atoms with Crippen LogP contribution < -0.4 is 0 Å². The second kappa shape index (κ2) is 9.04. The molecule has 0 bridgehead atoms. The minimum absolute atomic E-state index is 0. The van der Waals surface area contributed by atoms with Crippen molar-refractivity contribution in [3.05, 3.63) is 0 Å². The predicted molar refractivity (Wildman–Crippen MR) is 21.2 cm³/mol. The molecule has 0 radical (unpaired) electrons. The van der Waals surface area contributed by atoms with Crippen molar-refractivity contribution in [1.82, 2.24) is 0 Å². The first-order valence-corrected chi connectivity index (χ1v) is 0.943. The summed E-state index contributed by atoms with van der Waals surface area (Å²) in [6.07, 6.45) is 0. The van der Waals surface area contributed by atoms with Gasteiger partial charge in [0.25, 0.3) is 0 Å². The van der Waals surface area contributed by atoms with Gasteiger partial charge in [0.05, 0.1) is 0 Å². The van der Waals surface area contributed by atoms with Crippen molar-refractivity contribution in [2.45, 2.75) is 0 Å². The summed E-state index contributed by atoms with van der Waals surface area (Å²) in [6, 6.07) is 0. The summed E-state index contributed by atoms with van der Waals surface area (Å²) in [6.45, 7) is 0.125. The molecule has 4 heteroatoms. The van der Waals surface area contributed by atoms with Crippen LogP contribution in [0, 0.1) is 0 Å². The number of rotatable bonds is 2. The Kier molecular flexibility index (Phi) is 14.5. The molecule has 0 amide bonds. The van der Waals surface area contributed by atoms with Crippen molar-refractivity contribution in [3.63, 3.8) is 0 Å². The Hall–Kier alpha value is 0.400. The maximum Gasteiger partial charge on any atom is 2.00 e. The van der Waals surface area contributed by atoms with Crippen LogP contribution in [0.1, 0.15) is 2.85 Å². The van der Waals surface area contributed by atoms with Gasteiger partial charge in [0.15, 0.2) is 0 Å². The second-order valence-electron chi connectivity index (χ2n) is 0.329. The average molecular weight is 116 g/mol. The fourth-order valence-corrected chi connectivity index (χ4v) is 0.0227. The first kappa shape index (κ1) is 9.64. The molecule has 0 N–H and O–H groups in total. The van der Waals surface area contributed by atoms with Gasteiger partial charge in [-0.15, -0.1) is 0 Å². The molecule has 32 valence electrons. The Labute approximate surface area is 67.6 Å². The number of carbonyl (C=O) groups is 2. The molecule has 0 unspecified atom stereocenters. The molecule has 0 rings (SSSR count). The van der Waals surface area contributed by atoms with Crippen LogP contribution >= 0.6 is 0 Å². The number of hydrogen-bond donors (Lipinski definition) is 0. The molecule has 0 heterocycles. The molecule has 0 spiro atoms. The number of carbonyl (C=O) groups excluding carboxylic acids is 2. The Bertz CT molecular complexity index is 44.5. The van der Waals surface area contributed by atoms with Crippen LogP contribution in [-0.2, 0) is 14.3 Å². The molecule has 0 aromatic heterocycles. The quantitative estimate of drug-likeness (QED) is 0.268. The van der Waals surface area contributed by atoms with Crippen LogP contribution in [-0.4, -0.2) is 50.7 Å². The second-order valence-corrected chi connectivity index (χ2v) is 0.329. The number of ether oxygens (including phenoxy) is 1. The van der Waals surface area contributed by atoms with E-state index < -0.39 is 0 Å². The van der Waals surface area contributed by atoms with Crippen LogP contribution in [0.5, 0.6) is 0 Å². The van der Waals surface area contributed by atoms with E-state index in [4.69, 9.17) is 9.59 Å². The van der Waals surface area contributed by atoms with E-state index in [2.05, 4.69) is 4.74 Å². The van der Waals surface area contributed by atoms with E-state index >= 15 is 0 Å². The molecule has 3 nitrogen and oxygen atoms in total. The van der Waals surface area contributed by atoms with Gasteiger partial charge in [0.2, 0.25) is 0 Å². The van der Waals surface area contributed by atoms with Crippen molar-refractivity contribution in [1.29, 1.82) is 0 Å². The fraction of sp³-hybridized carbons (Fsp3) is 0. The Morgan fingerprint density at radius 3 is 1.67 bits per heavy atom. The van der Waals surface area contributed by atoms with Crippen molar-refractivity contribution in [2.24, 2.45) is 0 Å². The molecule has 0 aliphatic carbocycles. The van der Waals surface area contributed by atoms with E-state index in [0.717, 1.165) is 0 Å². The van der Waals surface area contributed by atoms with Crippen LogP contribution in [0.15, 0.2) is 0 Å². The normalized spacial score (nSPS) is 4.67. The monoisotopic (exact) mass is 116 g/mol. The third kappa shape index (κ3) is 8.83. The van der Waals surface area contributed by atoms with E-state index in [0.29, 0.717) is 0 Å². The van der Waals surface area contributed by atoms with Crippen molar-refractivity contribution in [2.75, 3.05) is 0 Å². The maximum atomic E-state index is 8.95. The summed E-state index contributed by atoms with van der Waals surface area (Å²) in [5.74, 6) is 0. The van der Waals surface area contributed by atoms with Crippen LogP contribution in [0.3, 0.4) is 0 Å². The first-order valence-electron chi connectivity index (χ1n) is 0.943. The van der Waals surface area contributed by atoms with Gasteiger partial charge in [0, 0.05) is 0 Å². The summed E-state index contributed by atoms with van der Waals surface area (Å²) in [5, 5.41) is 0. The van der Waals surface area contributed by atoms with E-state index in [1.807, 2.05) is 0 Å². The molecule has 6 heavy (non-hydrogen) atoms. The van der Waals surface area contributed by atoms with Crippen molar-refractivity contribution in [3.8, 4) is 0 Å². The topological polar surface area (TPSA) is 43.4 Å².